The summed E-state index contributed by atoms with van der Waals surface area (Å²) >= 11 is 0. The summed E-state index contributed by atoms with van der Waals surface area (Å²) in [6.07, 6.45) is -4.81. The monoisotopic (exact) mass is 455 g/mol. The highest BCUT2D eigenvalue weighted by Crippen LogP contribution is 2.33. The van der Waals surface area contributed by atoms with Crippen LogP contribution in [0.5, 0.6) is 0 Å². The number of benzene rings is 2. The molecule has 1 heterocycles. The highest BCUT2D eigenvalue weighted by Gasteiger charge is 2.38. The van der Waals surface area contributed by atoms with Crippen molar-refractivity contribution in [1.29, 1.82) is 0 Å². The van der Waals surface area contributed by atoms with E-state index in [0.717, 1.165) is 11.1 Å². The van der Waals surface area contributed by atoms with Crippen LogP contribution in [0.3, 0.4) is 0 Å². The Hall–Kier alpha value is -3.47. The fourth-order valence-corrected chi connectivity index (χ4v) is 3.29. The molecule has 5 N–H and O–H groups in total. The number of hydrogen-bond acceptors (Lipinski definition) is 4. The molecule has 0 aromatic heterocycles. The van der Waals surface area contributed by atoms with Gasteiger partial charge in [0, 0.05) is 19.0 Å². The Labute approximate surface area is 180 Å². The van der Waals surface area contributed by atoms with Crippen molar-refractivity contribution in [2.45, 2.75) is 37.6 Å². The largest absolute Gasteiger partial charge is 0.490 e. The Bertz CT molecular complexity index is 997. The minimum absolute atomic E-state index is 0.0199. The molecular weight excluding hydrogens is 434 g/mol. The molecule has 3 rings (SSSR count). The first-order valence-corrected chi connectivity index (χ1v) is 9.37. The zero-order valence-electron chi connectivity index (χ0n) is 16.7. The minimum atomic E-state index is -5.08. The smallest absolute Gasteiger partial charge is 0.475 e. The number of amides is 2. The number of halogens is 4. The maximum absolute atomic E-state index is 13.7. The van der Waals surface area contributed by atoms with Gasteiger partial charge in [-0.3, -0.25) is 9.59 Å². The van der Waals surface area contributed by atoms with Gasteiger partial charge in [-0.15, -0.1) is 0 Å². The van der Waals surface area contributed by atoms with Crippen LogP contribution in [0.25, 0.3) is 0 Å². The SMILES string of the molecule is NC(=O)C1c2ccccc2CN1C(=O)CC(N)Cc1ccccc1F.O=C(O)C(F)(F)F. The minimum Gasteiger partial charge on any atom is -0.475 e. The van der Waals surface area contributed by atoms with Crippen molar-refractivity contribution in [3.8, 4) is 0 Å². The van der Waals surface area contributed by atoms with E-state index in [4.69, 9.17) is 21.4 Å². The van der Waals surface area contributed by atoms with E-state index >= 15 is 0 Å². The summed E-state index contributed by atoms with van der Waals surface area (Å²) in [5.74, 6) is -3.92. The summed E-state index contributed by atoms with van der Waals surface area (Å²) in [5, 5.41) is 7.12. The second-order valence-electron chi connectivity index (χ2n) is 7.09. The summed E-state index contributed by atoms with van der Waals surface area (Å²) in [7, 11) is 0. The molecule has 7 nitrogen and oxygen atoms in total. The molecule has 2 unspecified atom stereocenters. The van der Waals surface area contributed by atoms with Crippen LogP contribution in [0.15, 0.2) is 48.5 Å². The quantitative estimate of drug-likeness (QED) is 0.597. The molecule has 0 aliphatic carbocycles. The number of hydrogen-bond donors (Lipinski definition) is 3. The van der Waals surface area contributed by atoms with E-state index in [-0.39, 0.29) is 24.6 Å². The van der Waals surface area contributed by atoms with Crippen molar-refractivity contribution in [1.82, 2.24) is 4.90 Å². The summed E-state index contributed by atoms with van der Waals surface area (Å²) in [6.45, 7) is 0.328. The number of fused-ring (bicyclic) bond motifs is 1. The molecule has 1 aliphatic rings. The standard InChI is InChI=1S/C19H20FN3O2.C2HF3O2/c20-16-8-4-2-5-12(16)9-14(21)10-17(24)23-11-13-6-1-3-7-15(13)18(23)19(22)25;3-2(4,5)1(6)7/h1-8,14,18H,9-11,21H2,(H2,22,25);(H,6,7). The maximum atomic E-state index is 13.7. The third-order valence-electron chi connectivity index (χ3n) is 4.71. The lowest BCUT2D eigenvalue weighted by Gasteiger charge is -2.24. The van der Waals surface area contributed by atoms with Crippen LogP contribution < -0.4 is 11.5 Å². The number of nitrogens with zero attached hydrogens (tertiary/aromatic N) is 1. The van der Waals surface area contributed by atoms with Crippen molar-refractivity contribution in [3.05, 3.63) is 71.0 Å². The van der Waals surface area contributed by atoms with E-state index in [1.165, 1.54) is 11.0 Å². The van der Waals surface area contributed by atoms with Gasteiger partial charge in [0.25, 0.3) is 0 Å². The average Bonchev–Trinajstić information content (AvgIpc) is 3.09. The van der Waals surface area contributed by atoms with E-state index in [1.807, 2.05) is 18.2 Å². The second-order valence-corrected chi connectivity index (χ2v) is 7.09. The van der Waals surface area contributed by atoms with Gasteiger partial charge in [0.2, 0.25) is 11.8 Å². The maximum Gasteiger partial charge on any atom is 0.490 e. The van der Waals surface area contributed by atoms with Gasteiger partial charge < -0.3 is 21.5 Å². The molecule has 0 saturated carbocycles. The molecule has 1 aliphatic heterocycles. The molecule has 0 radical (unpaired) electrons. The summed E-state index contributed by atoms with van der Waals surface area (Å²) < 4.78 is 45.5. The van der Waals surface area contributed by atoms with Gasteiger partial charge in [-0.2, -0.15) is 13.2 Å². The zero-order chi connectivity index (χ0) is 24.1. The molecule has 0 spiro atoms. The molecule has 2 aromatic rings. The van der Waals surface area contributed by atoms with Gasteiger partial charge >= 0.3 is 12.1 Å². The Morgan fingerprint density at radius 3 is 2.22 bits per heavy atom. The van der Waals surface area contributed by atoms with Crippen LogP contribution in [-0.4, -0.2) is 40.0 Å². The Kier molecular flexibility index (Phi) is 7.92. The highest BCUT2D eigenvalue weighted by molar-refractivity contribution is 5.89. The van der Waals surface area contributed by atoms with Crippen LogP contribution in [0.1, 0.15) is 29.2 Å². The van der Waals surface area contributed by atoms with Crippen molar-refractivity contribution < 1.29 is 37.1 Å². The molecule has 2 aromatic carbocycles. The van der Waals surface area contributed by atoms with Crippen molar-refractivity contribution >= 4 is 17.8 Å². The van der Waals surface area contributed by atoms with Crippen molar-refractivity contribution in [2.24, 2.45) is 11.5 Å². The normalized spacial score (nSPS) is 15.9. The van der Waals surface area contributed by atoms with Crippen LogP contribution in [0, 0.1) is 5.82 Å². The fourth-order valence-electron chi connectivity index (χ4n) is 3.29. The molecule has 2 amide bonds. The molecule has 11 heteroatoms. The third kappa shape index (κ3) is 6.27. The Morgan fingerprint density at radius 2 is 1.66 bits per heavy atom. The summed E-state index contributed by atoms with van der Waals surface area (Å²) in [4.78, 5) is 34.9. The number of rotatable bonds is 5. The van der Waals surface area contributed by atoms with Gasteiger partial charge in [-0.1, -0.05) is 42.5 Å². The number of primary amides is 1. The number of carbonyl (C=O) groups is 3. The van der Waals surface area contributed by atoms with Gasteiger partial charge in [-0.05, 0) is 29.2 Å². The Balaban J connectivity index is 0.000000451. The second kappa shape index (κ2) is 10.2. The lowest BCUT2D eigenvalue weighted by atomic mass is 10.0. The van der Waals surface area contributed by atoms with Crippen LogP contribution in [0.4, 0.5) is 17.6 Å². The number of aliphatic carboxylic acids is 1. The van der Waals surface area contributed by atoms with Gasteiger partial charge in [0.15, 0.2) is 0 Å². The lowest BCUT2D eigenvalue weighted by molar-refractivity contribution is -0.192. The van der Waals surface area contributed by atoms with Gasteiger partial charge in [0.1, 0.15) is 11.9 Å². The van der Waals surface area contributed by atoms with Crippen LogP contribution in [0.2, 0.25) is 0 Å². The number of alkyl halides is 3. The first-order valence-electron chi connectivity index (χ1n) is 9.37. The van der Waals surface area contributed by atoms with Crippen LogP contribution in [-0.2, 0) is 27.3 Å². The van der Waals surface area contributed by atoms with E-state index in [2.05, 4.69) is 0 Å². The highest BCUT2D eigenvalue weighted by atomic mass is 19.4. The zero-order valence-corrected chi connectivity index (χ0v) is 16.7. The van der Waals surface area contributed by atoms with E-state index in [1.54, 1.807) is 24.3 Å². The fraction of sp³-hybridized carbons (Fsp3) is 0.286. The number of nitrogens with two attached hydrogens (primary N) is 2. The lowest BCUT2D eigenvalue weighted by Crippen LogP contribution is -2.40. The first kappa shape index (κ1) is 24.8. The molecule has 2 atom stereocenters. The molecule has 32 heavy (non-hydrogen) atoms. The molecular formula is C21H21F4N3O4. The third-order valence-corrected chi connectivity index (χ3v) is 4.71. The topological polar surface area (TPSA) is 127 Å². The average molecular weight is 455 g/mol. The van der Waals surface area contributed by atoms with E-state index in [9.17, 15) is 27.2 Å². The Morgan fingerprint density at radius 1 is 1.09 bits per heavy atom. The predicted molar refractivity (Wildman–Crippen MR) is 105 cm³/mol. The van der Waals surface area contributed by atoms with E-state index in [0.29, 0.717) is 12.1 Å². The number of carboxylic acid groups (broad SMARTS) is 1. The molecule has 0 saturated heterocycles. The molecule has 172 valence electrons. The number of carbonyl (C=O) groups excluding carboxylic acids is 2. The van der Waals surface area contributed by atoms with Gasteiger partial charge in [0.05, 0.1) is 0 Å². The van der Waals surface area contributed by atoms with Crippen LogP contribution >= 0.6 is 0 Å². The van der Waals surface area contributed by atoms with Crippen molar-refractivity contribution in [3.63, 3.8) is 0 Å². The first-order chi connectivity index (χ1) is 14.9. The van der Waals surface area contributed by atoms with Gasteiger partial charge in [-0.25, -0.2) is 9.18 Å². The summed E-state index contributed by atoms with van der Waals surface area (Å²) in [6, 6.07) is 12.4. The van der Waals surface area contributed by atoms with E-state index < -0.39 is 30.1 Å². The van der Waals surface area contributed by atoms with Crippen molar-refractivity contribution in [2.75, 3.05) is 0 Å². The number of carboxylic acids is 1. The predicted octanol–water partition coefficient (Wildman–Crippen LogP) is 2.29. The molecule has 0 bridgehead atoms. The summed E-state index contributed by atoms with van der Waals surface area (Å²) in [5.41, 5.74) is 13.7. The molecule has 0 fully saturated rings.